The quantitative estimate of drug-likeness (QED) is 0.214. The minimum Gasteiger partial charge on any atom is -0.370 e. The Hall–Kier alpha value is -3.87. The van der Waals surface area contributed by atoms with Gasteiger partial charge in [0.2, 0.25) is 0 Å². The molecular weight excluding hydrogens is 546 g/mol. The van der Waals surface area contributed by atoms with Crippen molar-refractivity contribution < 1.29 is 0 Å². The van der Waals surface area contributed by atoms with Crippen molar-refractivity contribution in [2.24, 2.45) is 5.92 Å². The fraction of sp³-hybridized carbons (Fsp3) is 0.235. The van der Waals surface area contributed by atoms with Gasteiger partial charge in [0.05, 0.1) is 22.4 Å². The number of nitrogens with zero attached hydrogens (tertiary/aromatic N) is 4. The number of rotatable bonds is 5. The van der Waals surface area contributed by atoms with E-state index < -0.39 is 0 Å². The van der Waals surface area contributed by atoms with Crippen LogP contribution < -0.4 is 15.1 Å². The minimum absolute atomic E-state index is 0.139. The summed E-state index contributed by atoms with van der Waals surface area (Å²) in [6, 6.07) is 31.5. The summed E-state index contributed by atoms with van der Waals surface area (Å²) in [5, 5.41) is 7.44. The third-order valence-electron chi connectivity index (χ3n) is 8.53. The molecule has 206 valence electrons. The molecule has 7 rings (SSSR count). The first kappa shape index (κ1) is 26.1. The summed E-state index contributed by atoms with van der Waals surface area (Å²) in [7, 11) is 0. The highest BCUT2D eigenvalue weighted by Crippen LogP contribution is 2.44. The average molecular weight is 578 g/mol. The van der Waals surface area contributed by atoms with E-state index in [4.69, 9.17) is 28.8 Å². The van der Waals surface area contributed by atoms with Crippen LogP contribution in [-0.4, -0.2) is 27.8 Å². The lowest BCUT2D eigenvalue weighted by Crippen LogP contribution is -2.33. The molecule has 3 aromatic carbocycles. The number of benzene rings is 3. The summed E-state index contributed by atoms with van der Waals surface area (Å²) >= 11 is 13.0. The topological polar surface area (TPSA) is 36.3 Å². The van der Waals surface area contributed by atoms with Crippen molar-refractivity contribution in [2.75, 3.05) is 22.9 Å². The molecule has 0 saturated carbocycles. The van der Waals surface area contributed by atoms with E-state index in [2.05, 4.69) is 112 Å². The monoisotopic (exact) mass is 577 g/mol. The Balaban J connectivity index is 1.31. The zero-order valence-electron chi connectivity index (χ0n) is 23.0. The van der Waals surface area contributed by atoms with Crippen LogP contribution in [0, 0.1) is 5.92 Å². The van der Waals surface area contributed by atoms with Gasteiger partial charge in [0.1, 0.15) is 6.04 Å². The van der Waals surface area contributed by atoms with E-state index in [0.29, 0.717) is 5.11 Å². The van der Waals surface area contributed by atoms with Gasteiger partial charge in [0.25, 0.3) is 0 Å². The molecule has 5 nitrogen and oxygen atoms in total. The second-order valence-corrected chi connectivity index (χ2v) is 11.9. The Morgan fingerprint density at radius 3 is 2.41 bits per heavy atom. The summed E-state index contributed by atoms with van der Waals surface area (Å²) in [5.74, 6) is 0.764. The molecule has 2 saturated heterocycles. The van der Waals surface area contributed by atoms with Crippen LogP contribution in [-0.2, 0) is 0 Å². The molecule has 0 radical (unpaired) electrons. The molecule has 5 aromatic rings. The predicted octanol–water partition coefficient (Wildman–Crippen LogP) is 8.09. The Kier molecular flexibility index (Phi) is 6.89. The van der Waals surface area contributed by atoms with E-state index in [1.165, 1.54) is 23.6 Å². The first-order valence-electron chi connectivity index (χ1n) is 14.3. The van der Waals surface area contributed by atoms with Crippen molar-refractivity contribution in [1.29, 1.82) is 0 Å². The molecule has 2 aromatic heterocycles. The van der Waals surface area contributed by atoms with Gasteiger partial charge in [-0.15, -0.1) is 0 Å². The van der Waals surface area contributed by atoms with Gasteiger partial charge in [-0.05, 0) is 96.3 Å². The van der Waals surface area contributed by atoms with Crippen molar-refractivity contribution in [2.45, 2.75) is 31.8 Å². The normalized spacial score (nSPS) is 19.6. The molecule has 4 heterocycles. The first-order valence-corrected chi connectivity index (χ1v) is 15.1. The van der Waals surface area contributed by atoms with Gasteiger partial charge in [0.15, 0.2) is 5.11 Å². The van der Waals surface area contributed by atoms with E-state index >= 15 is 0 Å². The molecule has 0 aliphatic carbocycles. The van der Waals surface area contributed by atoms with E-state index in [1.54, 1.807) is 0 Å². The highest BCUT2D eigenvalue weighted by Gasteiger charge is 2.42. The Morgan fingerprint density at radius 2 is 1.63 bits per heavy atom. The largest absolute Gasteiger partial charge is 0.370 e. The van der Waals surface area contributed by atoms with E-state index in [9.17, 15) is 0 Å². The Morgan fingerprint density at radius 1 is 0.854 bits per heavy atom. The average Bonchev–Trinajstić information content (AvgIpc) is 3.62. The Bertz CT molecular complexity index is 1710. The molecule has 41 heavy (non-hydrogen) atoms. The van der Waals surface area contributed by atoms with Gasteiger partial charge in [0, 0.05) is 42.6 Å². The lowest BCUT2D eigenvalue weighted by atomic mass is 9.98. The number of pyridine rings is 1. The molecule has 7 heteroatoms. The van der Waals surface area contributed by atoms with Crippen molar-refractivity contribution >= 4 is 51.1 Å². The second-order valence-electron chi connectivity index (χ2n) is 11.1. The minimum atomic E-state index is -0.142. The van der Waals surface area contributed by atoms with Crippen LogP contribution in [0.1, 0.15) is 43.2 Å². The van der Waals surface area contributed by atoms with Gasteiger partial charge in [-0.1, -0.05) is 54.9 Å². The number of thiocarbonyl (C=S) groups is 1. The van der Waals surface area contributed by atoms with Crippen LogP contribution in [0.4, 0.5) is 11.4 Å². The van der Waals surface area contributed by atoms with Crippen LogP contribution in [0.5, 0.6) is 0 Å². The van der Waals surface area contributed by atoms with Crippen LogP contribution >= 0.6 is 23.8 Å². The van der Waals surface area contributed by atoms with Crippen LogP contribution in [0.2, 0.25) is 5.02 Å². The standard InChI is InChI=1S/C34H32ClN5S/c1-23-15-19-38(20-16-23)30-14-13-27(22-28(30)35)40-33(32(37-34(40)41)29-9-4-5-17-36-29)31-10-6-18-39(31)26-12-11-24-7-2-3-8-25(24)21-26/h2-14,17-18,21-23,32-33H,15-16,19-20H2,1H3,(H,37,41)/t32-,33-/m0/s1. The molecule has 0 amide bonds. The van der Waals surface area contributed by atoms with Gasteiger partial charge in [-0.3, -0.25) is 4.98 Å². The maximum Gasteiger partial charge on any atom is 0.174 e. The Labute approximate surface area is 251 Å². The van der Waals surface area contributed by atoms with Gasteiger partial charge < -0.3 is 19.7 Å². The molecule has 0 spiro atoms. The third-order valence-corrected chi connectivity index (χ3v) is 9.14. The molecule has 0 unspecified atom stereocenters. The molecule has 2 aliphatic rings. The lowest BCUT2D eigenvalue weighted by Gasteiger charge is -2.33. The highest BCUT2D eigenvalue weighted by atomic mass is 35.5. The smallest absolute Gasteiger partial charge is 0.174 e. The summed E-state index contributed by atoms with van der Waals surface area (Å²) in [4.78, 5) is 9.35. The predicted molar refractivity (Wildman–Crippen MR) is 173 cm³/mol. The number of halogens is 1. The number of hydrogen-bond acceptors (Lipinski definition) is 3. The third kappa shape index (κ3) is 4.85. The molecule has 2 aliphatic heterocycles. The number of piperidine rings is 1. The lowest BCUT2D eigenvalue weighted by molar-refractivity contribution is 0.438. The molecular formula is C34H32ClN5S. The number of aromatic nitrogens is 2. The number of nitrogens with one attached hydrogen (secondary N) is 1. The number of fused-ring (bicyclic) bond motifs is 1. The summed E-state index contributed by atoms with van der Waals surface area (Å²) in [5.41, 5.74) is 5.23. The fourth-order valence-electron chi connectivity index (χ4n) is 6.28. The van der Waals surface area contributed by atoms with Crippen LogP contribution in [0.25, 0.3) is 16.5 Å². The number of anilines is 2. The molecule has 0 bridgehead atoms. The van der Waals surface area contributed by atoms with Crippen LogP contribution in [0.15, 0.2) is 103 Å². The van der Waals surface area contributed by atoms with E-state index in [-0.39, 0.29) is 12.1 Å². The SMILES string of the molecule is CC1CCN(c2ccc(N3C(=S)N[C@@H](c4ccccn4)[C@@H]3c3cccn3-c3ccc4ccccc4c3)cc2Cl)CC1. The zero-order chi connectivity index (χ0) is 27.9. The van der Waals surface area contributed by atoms with Crippen molar-refractivity contribution in [3.05, 3.63) is 120 Å². The molecule has 2 fully saturated rings. The number of hydrogen-bond donors (Lipinski definition) is 1. The molecule has 1 N–H and O–H groups in total. The fourth-order valence-corrected chi connectivity index (χ4v) is 6.92. The summed E-state index contributed by atoms with van der Waals surface area (Å²) < 4.78 is 2.26. The maximum absolute atomic E-state index is 6.98. The second kappa shape index (κ2) is 10.8. The van der Waals surface area contributed by atoms with Crippen LogP contribution in [0.3, 0.4) is 0 Å². The van der Waals surface area contributed by atoms with Crippen molar-refractivity contribution in [3.63, 3.8) is 0 Å². The maximum atomic E-state index is 6.98. The van der Waals surface area contributed by atoms with Gasteiger partial charge in [-0.25, -0.2) is 0 Å². The molecule has 2 atom stereocenters. The summed E-state index contributed by atoms with van der Waals surface area (Å²) in [6.45, 7) is 4.40. The van der Waals surface area contributed by atoms with E-state index in [1.807, 2.05) is 18.3 Å². The summed E-state index contributed by atoms with van der Waals surface area (Å²) in [6.07, 6.45) is 6.35. The van der Waals surface area contributed by atoms with Gasteiger partial charge >= 0.3 is 0 Å². The van der Waals surface area contributed by atoms with Gasteiger partial charge in [-0.2, -0.15) is 0 Å². The van der Waals surface area contributed by atoms with Crippen molar-refractivity contribution in [1.82, 2.24) is 14.9 Å². The first-order chi connectivity index (χ1) is 20.1. The highest BCUT2D eigenvalue weighted by molar-refractivity contribution is 7.80. The zero-order valence-corrected chi connectivity index (χ0v) is 24.5. The van der Waals surface area contributed by atoms with E-state index in [0.717, 1.165) is 52.5 Å². The van der Waals surface area contributed by atoms with Crippen molar-refractivity contribution in [3.8, 4) is 5.69 Å².